The van der Waals surface area contributed by atoms with Gasteiger partial charge in [0.25, 0.3) is 0 Å². The molecule has 1 fully saturated rings. The minimum atomic E-state index is -0.491. The van der Waals surface area contributed by atoms with Crippen LogP contribution in [0.25, 0.3) is 0 Å². The molecule has 0 aromatic heterocycles. The molecule has 5 nitrogen and oxygen atoms in total. The molecule has 0 saturated carbocycles. The highest BCUT2D eigenvalue weighted by Crippen LogP contribution is 2.61. The fraction of sp³-hybridized carbons (Fsp3) is 0.474. The van der Waals surface area contributed by atoms with Crippen LogP contribution in [0.1, 0.15) is 24.5 Å². The number of piperidine rings is 1. The highest BCUT2D eigenvalue weighted by Gasteiger charge is 2.64. The van der Waals surface area contributed by atoms with Gasteiger partial charge in [0.2, 0.25) is 0 Å². The Balaban J connectivity index is 1.78. The molecule has 0 amide bonds. The predicted octanol–water partition coefficient (Wildman–Crippen LogP) is 1.63. The number of likely N-dealkylation sites (N-methyl/N-ethyl adjacent to an activating group) is 1. The molecular weight excluding hydrogens is 306 g/mol. The van der Waals surface area contributed by atoms with Crippen molar-refractivity contribution in [1.29, 1.82) is 0 Å². The van der Waals surface area contributed by atoms with E-state index in [-0.39, 0.29) is 23.1 Å². The van der Waals surface area contributed by atoms with E-state index < -0.39 is 6.10 Å². The number of rotatable bonds is 1. The predicted molar refractivity (Wildman–Crippen MR) is 86.2 cm³/mol. The van der Waals surface area contributed by atoms with Gasteiger partial charge < -0.3 is 14.4 Å². The lowest BCUT2D eigenvalue weighted by Crippen LogP contribution is -2.64. The Morgan fingerprint density at radius 1 is 1.42 bits per heavy atom. The van der Waals surface area contributed by atoms with Gasteiger partial charge in [0.1, 0.15) is 0 Å². The minimum Gasteiger partial charge on any atom is -0.477 e. The van der Waals surface area contributed by atoms with E-state index in [2.05, 4.69) is 18.0 Å². The summed E-state index contributed by atoms with van der Waals surface area (Å²) in [6.07, 6.45) is 5.09. The number of esters is 1. The van der Waals surface area contributed by atoms with Gasteiger partial charge in [-0.2, -0.15) is 0 Å². The number of hydrogen-bond donors (Lipinski definition) is 0. The molecule has 4 atom stereocenters. The summed E-state index contributed by atoms with van der Waals surface area (Å²) in [7, 11) is 2.16. The van der Waals surface area contributed by atoms with E-state index in [1.54, 1.807) is 12.1 Å². The number of ether oxygens (including phenoxy) is 2. The van der Waals surface area contributed by atoms with E-state index in [1.807, 2.05) is 6.07 Å². The molecule has 1 aromatic rings. The molecule has 4 aliphatic rings. The van der Waals surface area contributed by atoms with Crippen LogP contribution < -0.4 is 9.47 Å². The van der Waals surface area contributed by atoms with E-state index in [1.165, 1.54) is 12.5 Å². The van der Waals surface area contributed by atoms with Crippen LogP contribution in [0.5, 0.6) is 11.5 Å². The second-order valence-electron chi connectivity index (χ2n) is 7.35. The topological polar surface area (TPSA) is 55.8 Å². The van der Waals surface area contributed by atoms with E-state index in [4.69, 9.17) is 9.47 Å². The first-order chi connectivity index (χ1) is 11.5. The molecule has 0 N–H and O–H groups in total. The van der Waals surface area contributed by atoms with Gasteiger partial charge in [-0.1, -0.05) is 12.1 Å². The summed E-state index contributed by atoms with van der Waals surface area (Å²) in [5, 5.41) is 0. The zero-order valence-electron chi connectivity index (χ0n) is 13.7. The van der Waals surface area contributed by atoms with E-state index >= 15 is 0 Å². The SMILES string of the molecule is CC(=O)Oc1ccc2c3c1O[C@H]1C(=O)C=CC4[C@@H](C2)N(C)CC[C@@]341. The second-order valence-corrected chi connectivity index (χ2v) is 7.35. The largest absolute Gasteiger partial charge is 0.477 e. The van der Waals surface area contributed by atoms with E-state index in [0.717, 1.165) is 24.9 Å². The Hall–Kier alpha value is -2.14. The molecular formula is C19H19NO4. The number of benzene rings is 1. The van der Waals surface area contributed by atoms with Crippen LogP contribution in [0.3, 0.4) is 0 Å². The van der Waals surface area contributed by atoms with Crippen LogP contribution >= 0.6 is 0 Å². The molecule has 1 unspecified atom stereocenters. The number of nitrogens with zero attached hydrogens (tertiary/aromatic N) is 1. The molecule has 0 radical (unpaired) electrons. The molecule has 1 spiro atoms. The van der Waals surface area contributed by atoms with Crippen molar-refractivity contribution in [3.8, 4) is 11.5 Å². The van der Waals surface area contributed by atoms with Gasteiger partial charge in [0.15, 0.2) is 23.4 Å². The van der Waals surface area contributed by atoms with Gasteiger partial charge in [0.05, 0.1) is 5.41 Å². The maximum Gasteiger partial charge on any atom is 0.308 e. The van der Waals surface area contributed by atoms with E-state index in [9.17, 15) is 9.59 Å². The summed E-state index contributed by atoms with van der Waals surface area (Å²) in [6, 6.07) is 4.22. The third-order valence-electron chi connectivity index (χ3n) is 6.24. The quantitative estimate of drug-likeness (QED) is 0.580. The van der Waals surface area contributed by atoms with Gasteiger partial charge >= 0.3 is 5.97 Å². The molecule has 1 saturated heterocycles. The average Bonchev–Trinajstić information content (AvgIpc) is 2.89. The summed E-state index contributed by atoms with van der Waals surface area (Å²) >= 11 is 0. The zero-order chi connectivity index (χ0) is 16.6. The number of ketones is 1. The number of likely N-dealkylation sites (tertiary alicyclic amines) is 1. The Kier molecular flexibility index (Phi) is 2.65. The zero-order valence-corrected chi connectivity index (χ0v) is 13.7. The van der Waals surface area contributed by atoms with Gasteiger partial charge in [-0.3, -0.25) is 9.59 Å². The minimum absolute atomic E-state index is 0.0207. The number of carbonyl (C=O) groups excluding carboxylic acids is 2. The fourth-order valence-corrected chi connectivity index (χ4v) is 5.31. The summed E-state index contributed by atoms with van der Waals surface area (Å²) < 4.78 is 11.5. The average molecular weight is 325 g/mol. The summed E-state index contributed by atoms with van der Waals surface area (Å²) in [5.74, 6) is 0.958. The van der Waals surface area contributed by atoms with Crippen LogP contribution in [0, 0.1) is 5.92 Å². The molecule has 2 bridgehead atoms. The van der Waals surface area contributed by atoms with Crippen molar-refractivity contribution in [2.45, 2.75) is 37.3 Å². The molecule has 2 heterocycles. The maximum absolute atomic E-state index is 12.6. The molecule has 124 valence electrons. The number of hydrogen-bond acceptors (Lipinski definition) is 5. The Morgan fingerprint density at radius 3 is 3.04 bits per heavy atom. The van der Waals surface area contributed by atoms with Crippen molar-refractivity contribution in [3.05, 3.63) is 35.4 Å². The third-order valence-corrected chi connectivity index (χ3v) is 6.24. The third kappa shape index (κ3) is 1.53. The molecule has 5 heteroatoms. The van der Waals surface area contributed by atoms with Crippen molar-refractivity contribution >= 4 is 11.8 Å². The van der Waals surface area contributed by atoms with Crippen LogP contribution in [0.4, 0.5) is 0 Å². The molecule has 5 rings (SSSR count). The van der Waals surface area contributed by atoms with Gasteiger partial charge in [-0.25, -0.2) is 0 Å². The summed E-state index contributed by atoms with van der Waals surface area (Å²) in [4.78, 5) is 26.4. The van der Waals surface area contributed by atoms with Crippen molar-refractivity contribution in [1.82, 2.24) is 4.90 Å². The molecule has 2 aliphatic carbocycles. The van der Waals surface area contributed by atoms with Gasteiger partial charge in [0, 0.05) is 24.4 Å². The van der Waals surface area contributed by atoms with Crippen LogP contribution in [-0.2, 0) is 21.4 Å². The monoisotopic (exact) mass is 325 g/mol. The lowest BCUT2D eigenvalue weighted by molar-refractivity contribution is -0.132. The molecule has 24 heavy (non-hydrogen) atoms. The highest BCUT2D eigenvalue weighted by atomic mass is 16.6. The standard InChI is InChI=1S/C19H19NO4/c1-10(21)23-15-6-3-11-9-13-12-4-5-14(22)18-19(12,7-8-20(13)2)16(11)17(15)24-18/h3-6,12-13,18H,7-9H2,1-2H3/t12?,13-,18+,19+/m1/s1. The van der Waals surface area contributed by atoms with Crippen molar-refractivity contribution in [2.24, 2.45) is 5.92 Å². The van der Waals surface area contributed by atoms with Crippen LogP contribution in [0.15, 0.2) is 24.3 Å². The highest BCUT2D eigenvalue weighted by molar-refractivity contribution is 5.98. The second kappa shape index (κ2) is 4.48. The van der Waals surface area contributed by atoms with Crippen LogP contribution in [0.2, 0.25) is 0 Å². The Morgan fingerprint density at radius 2 is 2.25 bits per heavy atom. The van der Waals surface area contributed by atoms with Crippen LogP contribution in [-0.4, -0.2) is 42.4 Å². The van der Waals surface area contributed by atoms with Gasteiger partial charge in [-0.05, 0) is 44.1 Å². The first kappa shape index (κ1) is 14.2. The lowest BCUT2D eigenvalue weighted by Gasteiger charge is -2.55. The summed E-state index contributed by atoms with van der Waals surface area (Å²) in [5.41, 5.74) is 2.03. The fourth-order valence-electron chi connectivity index (χ4n) is 5.31. The maximum atomic E-state index is 12.6. The molecule has 2 aliphatic heterocycles. The lowest BCUT2D eigenvalue weighted by atomic mass is 9.53. The molecule has 1 aromatic carbocycles. The van der Waals surface area contributed by atoms with Gasteiger partial charge in [-0.15, -0.1) is 0 Å². The number of carbonyl (C=O) groups is 2. The smallest absolute Gasteiger partial charge is 0.308 e. The summed E-state index contributed by atoms with van der Waals surface area (Å²) in [6.45, 7) is 2.33. The normalized spacial score (nSPS) is 35.4. The van der Waals surface area contributed by atoms with Crippen molar-refractivity contribution in [3.63, 3.8) is 0 Å². The first-order valence-corrected chi connectivity index (χ1v) is 8.46. The Bertz CT molecular complexity index is 814. The van der Waals surface area contributed by atoms with Crippen molar-refractivity contribution in [2.75, 3.05) is 13.6 Å². The first-order valence-electron chi connectivity index (χ1n) is 8.46. The van der Waals surface area contributed by atoms with Crippen molar-refractivity contribution < 1.29 is 19.1 Å². The van der Waals surface area contributed by atoms with E-state index in [0.29, 0.717) is 17.5 Å². The Labute approximate surface area is 140 Å².